The minimum atomic E-state index is -0.324. The van der Waals surface area contributed by atoms with Gasteiger partial charge in [0.15, 0.2) is 0 Å². The van der Waals surface area contributed by atoms with E-state index in [-0.39, 0.29) is 5.97 Å². The van der Waals surface area contributed by atoms with Crippen LogP contribution in [0.3, 0.4) is 0 Å². The number of carbonyl (C=O) groups excluding carboxylic acids is 1. The Morgan fingerprint density at radius 2 is 1.90 bits per heavy atom. The van der Waals surface area contributed by atoms with Gasteiger partial charge in [0.1, 0.15) is 0 Å². The lowest BCUT2D eigenvalue weighted by Crippen LogP contribution is -2.05. The Balaban J connectivity index is 2.09. The van der Waals surface area contributed by atoms with Gasteiger partial charge in [0.25, 0.3) is 0 Å². The third-order valence-electron chi connectivity index (χ3n) is 3.37. The van der Waals surface area contributed by atoms with E-state index in [0.717, 1.165) is 27.4 Å². The largest absolute Gasteiger partial charge is 0.465 e. The summed E-state index contributed by atoms with van der Waals surface area (Å²) in [7, 11) is 1.38. The summed E-state index contributed by atoms with van der Waals surface area (Å²) in [6.45, 7) is 4.62. The number of methoxy groups -OCH3 is 1. The van der Waals surface area contributed by atoms with Gasteiger partial charge < -0.3 is 10.1 Å². The van der Waals surface area contributed by atoms with E-state index in [1.165, 1.54) is 7.11 Å². The zero-order valence-electron chi connectivity index (χ0n) is 12.4. The quantitative estimate of drug-likeness (QED) is 0.853. The number of esters is 1. The zero-order valence-corrected chi connectivity index (χ0v) is 13.1. The van der Waals surface area contributed by atoms with E-state index >= 15 is 0 Å². The third-order valence-corrected chi connectivity index (χ3v) is 3.77. The van der Waals surface area contributed by atoms with Gasteiger partial charge in [0.2, 0.25) is 0 Å². The summed E-state index contributed by atoms with van der Waals surface area (Å²) in [5.41, 5.74) is 4.72. The topological polar surface area (TPSA) is 38.3 Å². The Kier molecular flexibility index (Phi) is 4.86. The van der Waals surface area contributed by atoms with Crippen molar-refractivity contribution in [1.82, 2.24) is 0 Å². The predicted octanol–water partition coefficient (Wildman–Crippen LogP) is 4.36. The summed E-state index contributed by atoms with van der Waals surface area (Å²) in [6.07, 6.45) is 0. The molecule has 0 aliphatic heterocycles. The molecule has 0 saturated carbocycles. The Bertz CT molecular complexity index is 668. The molecular formula is C17H18ClNO2. The monoisotopic (exact) mass is 303 g/mol. The molecular weight excluding hydrogens is 286 g/mol. The molecule has 0 unspecified atom stereocenters. The zero-order chi connectivity index (χ0) is 15.4. The van der Waals surface area contributed by atoms with E-state index in [1.54, 1.807) is 6.07 Å². The van der Waals surface area contributed by atoms with Crippen molar-refractivity contribution in [3.05, 3.63) is 63.7 Å². The van der Waals surface area contributed by atoms with Crippen molar-refractivity contribution < 1.29 is 9.53 Å². The van der Waals surface area contributed by atoms with Crippen LogP contribution in [0.4, 0.5) is 5.69 Å². The second kappa shape index (κ2) is 6.64. The lowest BCUT2D eigenvalue weighted by atomic mass is 10.1. The Hall–Kier alpha value is -2.00. The van der Waals surface area contributed by atoms with Crippen molar-refractivity contribution in [1.29, 1.82) is 0 Å². The predicted molar refractivity (Wildman–Crippen MR) is 86.0 cm³/mol. The number of hydrogen-bond acceptors (Lipinski definition) is 3. The third kappa shape index (κ3) is 3.76. The highest BCUT2D eigenvalue weighted by molar-refractivity contribution is 6.31. The maximum absolute atomic E-state index is 11.5. The van der Waals surface area contributed by atoms with Crippen LogP contribution in [0.2, 0.25) is 5.02 Å². The van der Waals surface area contributed by atoms with Gasteiger partial charge in [0.05, 0.1) is 12.7 Å². The lowest BCUT2D eigenvalue weighted by molar-refractivity contribution is 0.0600. The fraction of sp³-hybridized carbons (Fsp3) is 0.235. The molecule has 0 heterocycles. The molecule has 2 rings (SSSR count). The van der Waals surface area contributed by atoms with Crippen LogP contribution in [-0.2, 0) is 11.3 Å². The smallest absolute Gasteiger partial charge is 0.337 e. The van der Waals surface area contributed by atoms with Gasteiger partial charge in [-0.2, -0.15) is 0 Å². The van der Waals surface area contributed by atoms with Crippen molar-refractivity contribution in [2.24, 2.45) is 0 Å². The Morgan fingerprint density at radius 1 is 1.14 bits per heavy atom. The number of halogens is 1. The van der Waals surface area contributed by atoms with Crippen LogP contribution >= 0.6 is 11.6 Å². The first-order valence-electron chi connectivity index (χ1n) is 6.69. The molecule has 0 atom stereocenters. The van der Waals surface area contributed by atoms with E-state index in [9.17, 15) is 4.79 Å². The number of anilines is 1. The van der Waals surface area contributed by atoms with Gasteiger partial charge in [0, 0.05) is 17.3 Å². The Morgan fingerprint density at radius 3 is 2.52 bits per heavy atom. The van der Waals surface area contributed by atoms with E-state index in [1.807, 2.05) is 44.2 Å². The summed E-state index contributed by atoms with van der Waals surface area (Å²) in [5, 5.41) is 4.12. The second-order valence-corrected chi connectivity index (χ2v) is 5.37. The van der Waals surface area contributed by atoms with Crippen molar-refractivity contribution in [3.8, 4) is 0 Å². The summed E-state index contributed by atoms with van der Waals surface area (Å²) in [5.74, 6) is -0.324. The number of carbonyl (C=O) groups is 1. The molecule has 3 nitrogen and oxygen atoms in total. The average molecular weight is 304 g/mol. The van der Waals surface area contributed by atoms with E-state index in [0.29, 0.717) is 12.1 Å². The highest BCUT2D eigenvalue weighted by atomic mass is 35.5. The molecule has 0 aliphatic rings. The molecule has 0 amide bonds. The van der Waals surface area contributed by atoms with E-state index < -0.39 is 0 Å². The van der Waals surface area contributed by atoms with Crippen LogP contribution in [0.25, 0.3) is 0 Å². The number of nitrogens with one attached hydrogen (secondary N) is 1. The van der Waals surface area contributed by atoms with Crippen LogP contribution in [0.15, 0.2) is 36.4 Å². The number of rotatable bonds is 4. The SMILES string of the molecule is COC(=O)c1ccc(NCc2ccc(C)c(Cl)c2)c(C)c1. The van der Waals surface area contributed by atoms with E-state index in [4.69, 9.17) is 16.3 Å². The van der Waals surface area contributed by atoms with Gasteiger partial charge in [-0.25, -0.2) is 4.79 Å². The highest BCUT2D eigenvalue weighted by Crippen LogP contribution is 2.20. The molecule has 0 aromatic heterocycles. The summed E-state index contributed by atoms with van der Waals surface area (Å²) < 4.78 is 4.71. The van der Waals surface area contributed by atoms with Gasteiger partial charge in [-0.3, -0.25) is 0 Å². The van der Waals surface area contributed by atoms with Crippen molar-refractivity contribution in [2.75, 3.05) is 12.4 Å². The van der Waals surface area contributed by atoms with Crippen LogP contribution in [0.5, 0.6) is 0 Å². The minimum Gasteiger partial charge on any atom is -0.465 e. The molecule has 0 radical (unpaired) electrons. The summed E-state index contributed by atoms with van der Waals surface area (Å²) in [6, 6.07) is 11.5. The molecule has 0 spiro atoms. The van der Waals surface area contributed by atoms with Crippen LogP contribution in [0.1, 0.15) is 27.0 Å². The average Bonchev–Trinajstić information content (AvgIpc) is 2.48. The number of ether oxygens (including phenoxy) is 1. The number of aryl methyl sites for hydroxylation is 2. The molecule has 110 valence electrons. The van der Waals surface area contributed by atoms with Crippen LogP contribution < -0.4 is 5.32 Å². The number of hydrogen-bond donors (Lipinski definition) is 1. The van der Waals surface area contributed by atoms with Gasteiger partial charge in [-0.15, -0.1) is 0 Å². The first-order chi connectivity index (χ1) is 10.0. The van der Waals surface area contributed by atoms with Crippen LogP contribution in [0, 0.1) is 13.8 Å². The first kappa shape index (κ1) is 15.4. The van der Waals surface area contributed by atoms with Gasteiger partial charge in [-0.1, -0.05) is 23.7 Å². The maximum Gasteiger partial charge on any atom is 0.337 e. The van der Waals surface area contributed by atoms with Crippen molar-refractivity contribution in [3.63, 3.8) is 0 Å². The molecule has 21 heavy (non-hydrogen) atoms. The van der Waals surface area contributed by atoms with Crippen LogP contribution in [-0.4, -0.2) is 13.1 Å². The molecule has 0 saturated heterocycles. The molecule has 1 N–H and O–H groups in total. The first-order valence-corrected chi connectivity index (χ1v) is 7.07. The lowest BCUT2D eigenvalue weighted by Gasteiger charge is -2.11. The standard InChI is InChI=1S/C17H18ClNO2/c1-11-4-5-13(9-15(11)18)10-19-16-7-6-14(8-12(16)2)17(20)21-3/h4-9,19H,10H2,1-3H3. The van der Waals surface area contributed by atoms with Gasteiger partial charge in [-0.05, 0) is 54.8 Å². The molecule has 2 aromatic rings. The molecule has 0 fully saturated rings. The minimum absolute atomic E-state index is 0.324. The second-order valence-electron chi connectivity index (χ2n) is 4.96. The normalized spacial score (nSPS) is 10.3. The summed E-state index contributed by atoms with van der Waals surface area (Å²) in [4.78, 5) is 11.5. The van der Waals surface area contributed by atoms with Crippen molar-refractivity contribution >= 4 is 23.3 Å². The molecule has 4 heteroatoms. The maximum atomic E-state index is 11.5. The summed E-state index contributed by atoms with van der Waals surface area (Å²) >= 11 is 6.12. The molecule has 0 aliphatic carbocycles. The molecule has 0 bridgehead atoms. The highest BCUT2D eigenvalue weighted by Gasteiger charge is 2.07. The fourth-order valence-corrected chi connectivity index (χ4v) is 2.25. The van der Waals surface area contributed by atoms with E-state index in [2.05, 4.69) is 5.32 Å². The van der Waals surface area contributed by atoms with Gasteiger partial charge >= 0.3 is 5.97 Å². The molecule has 2 aromatic carbocycles. The Labute approximate surface area is 129 Å². The number of benzene rings is 2. The van der Waals surface area contributed by atoms with Crippen molar-refractivity contribution in [2.45, 2.75) is 20.4 Å². The fourth-order valence-electron chi connectivity index (χ4n) is 2.05.